The van der Waals surface area contributed by atoms with Crippen LogP contribution >= 0.6 is 11.6 Å². The van der Waals surface area contributed by atoms with E-state index in [0.717, 1.165) is 18.7 Å². The molecule has 0 saturated heterocycles. The second kappa shape index (κ2) is 4.94. The third kappa shape index (κ3) is 2.93. The molecule has 0 saturated carbocycles. The summed E-state index contributed by atoms with van der Waals surface area (Å²) >= 11 is 5.68. The van der Waals surface area contributed by atoms with Gasteiger partial charge in [0.25, 0.3) is 0 Å². The molecule has 2 aromatic heterocycles. The first kappa shape index (κ1) is 10.9. The number of halogens is 1. The number of nitrogens with one attached hydrogen (secondary N) is 1. The van der Waals surface area contributed by atoms with E-state index in [9.17, 15) is 0 Å². The van der Waals surface area contributed by atoms with E-state index >= 15 is 0 Å². The summed E-state index contributed by atoms with van der Waals surface area (Å²) in [5.41, 5.74) is 1.05. The molecule has 2 rings (SSSR count). The smallest absolute Gasteiger partial charge is 0.222 e. The summed E-state index contributed by atoms with van der Waals surface area (Å²) in [6.07, 6.45) is 5.90. The van der Waals surface area contributed by atoms with E-state index in [1.54, 1.807) is 17.1 Å². The van der Waals surface area contributed by atoms with Crippen LogP contribution in [0.2, 0.25) is 5.02 Å². The number of hydrogen-bond donors (Lipinski definition) is 1. The molecule has 0 aromatic carbocycles. The fourth-order valence-corrected chi connectivity index (χ4v) is 1.40. The van der Waals surface area contributed by atoms with E-state index < -0.39 is 0 Å². The molecular formula is C10H12ClN5. The van der Waals surface area contributed by atoms with Crippen molar-refractivity contribution in [1.82, 2.24) is 19.7 Å². The summed E-state index contributed by atoms with van der Waals surface area (Å²) in [7, 11) is 1.90. The Kier molecular flexibility index (Phi) is 3.36. The van der Waals surface area contributed by atoms with Crippen molar-refractivity contribution in [2.75, 3.05) is 11.9 Å². The quantitative estimate of drug-likeness (QED) is 0.876. The van der Waals surface area contributed by atoms with Crippen LogP contribution in [0.5, 0.6) is 0 Å². The summed E-state index contributed by atoms with van der Waals surface area (Å²) in [6.45, 7) is 0.749. The molecule has 0 spiro atoms. The molecule has 6 heteroatoms. The van der Waals surface area contributed by atoms with Crippen LogP contribution in [0.15, 0.2) is 24.7 Å². The zero-order valence-corrected chi connectivity index (χ0v) is 9.65. The molecule has 0 aliphatic rings. The molecular weight excluding hydrogens is 226 g/mol. The summed E-state index contributed by atoms with van der Waals surface area (Å²) < 4.78 is 1.79. The van der Waals surface area contributed by atoms with Gasteiger partial charge in [0, 0.05) is 26.2 Å². The van der Waals surface area contributed by atoms with Gasteiger partial charge in [-0.05, 0) is 6.07 Å². The first-order valence-electron chi connectivity index (χ1n) is 4.94. The lowest BCUT2D eigenvalue weighted by Gasteiger charge is -2.02. The highest BCUT2D eigenvalue weighted by Gasteiger charge is 1.98. The van der Waals surface area contributed by atoms with Gasteiger partial charge in [0.05, 0.1) is 23.1 Å². The van der Waals surface area contributed by atoms with Crippen LogP contribution in [0.1, 0.15) is 5.69 Å². The largest absolute Gasteiger partial charge is 0.354 e. The van der Waals surface area contributed by atoms with Gasteiger partial charge in [0.1, 0.15) is 0 Å². The molecule has 0 bridgehead atoms. The average molecular weight is 238 g/mol. The number of aryl methyl sites for hydroxylation is 1. The van der Waals surface area contributed by atoms with Crippen molar-refractivity contribution >= 4 is 17.5 Å². The molecule has 0 radical (unpaired) electrons. The number of anilines is 1. The highest BCUT2D eigenvalue weighted by molar-refractivity contribution is 6.30. The molecule has 0 unspecified atom stereocenters. The molecule has 2 heterocycles. The fraction of sp³-hybridized carbons (Fsp3) is 0.300. The Morgan fingerprint density at radius 2 is 2.12 bits per heavy atom. The summed E-state index contributed by atoms with van der Waals surface area (Å²) in [5.74, 6) is 0.584. The Labute approximate surface area is 98.5 Å². The maximum atomic E-state index is 5.68. The fourth-order valence-electron chi connectivity index (χ4n) is 1.30. The summed E-state index contributed by atoms with van der Waals surface area (Å²) in [6, 6.07) is 1.99. The Bertz CT molecular complexity index is 450. The third-order valence-electron chi connectivity index (χ3n) is 2.05. The van der Waals surface area contributed by atoms with Crippen molar-refractivity contribution in [2.45, 2.75) is 6.42 Å². The third-order valence-corrected chi connectivity index (χ3v) is 2.25. The van der Waals surface area contributed by atoms with Gasteiger partial charge in [-0.15, -0.1) is 0 Å². The minimum atomic E-state index is 0.537. The average Bonchev–Trinajstić information content (AvgIpc) is 2.67. The van der Waals surface area contributed by atoms with Gasteiger partial charge in [-0.2, -0.15) is 5.10 Å². The number of rotatable bonds is 4. The second-order valence-electron chi connectivity index (χ2n) is 3.38. The van der Waals surface area contributed by atoms with Gasteiger partial charge < -0.3 is 5.32 Å². The van der Waals surface area contributed by atoms with Gasteiger partial charge in [-0.1, -0.05) is 11.6 Å². The predicted octanol–water partition coefficient (Wildman–Crippen LogP) is 1.52. The highest BCUT2D eigenvalue weighted by Crippen LogP contribution is 2.05. The van der Waals surface area contributed by atoms with Crippen LogP contribution in [0.3, 0.4) is 0 Å². The molecule has 5 nitrogen and oxygen atoms in total. The van der Waals surface area contributed by atoms with E-state index in [1.807, 2.05) is 19.3 Å². The van der Waals surface area contributed by atoms with Crippen molar-refractivity contribution < 1.29 is 0 Å². The van der Waals surface area contributed by atoms with Crippen molar-refractivity contribution in [3.05, 3.63) is 35.4 Å². The normalized spacial score (nSPS) is 10.4. The van der Waals surface area contributed by atoms with E-state index in [2.05, 4.69) is 20.4 Å². The lowest BCUT2D eigenvalue weighted by molar-refractivity contribution is 0.741. The maximum Gasteiger partial charge on any atom is 0.222 e. The van der Waals surface area contributed by atoms with Crippen LogP contribution < -0.4 is 5.32 Å². The zero-order valence-electron chi connectivity index (χ0n) is 8.89. The molecule has 2 aromatic rings. The van der Waals surface area contributed by atoms with Crippen LogP contribution in [0.4, 0.5) is 5.95 Å². The Morgan fingerprint density at radius 1 is 1.38 bits per heavy atom. The van der Waals surface area contributed by atoms with Crippen molar-refractivity contribution in [3.63, 3.8) is 0 Å². The van der Waals surface area contributed by atoms with Crippen molar-refractivity contribution in [1.29, 1.82) is 0 Å². The molecule has 16 heavy (non-hydrogen) atoms. The SMILES string of the molecule is Cn1ccc(CCNc2ncc(Cl)cn2)n1. The molecule has 1 N–H and O–H groups in total. The maximum absolute atomic E-state index is 5.68. The van der Waals surface area contributed by atoms with Gasteiger partial charge in [0.2, 0.25) is 5.95 Å². The topological polar surface area (TPSA) is 55.6 Å². The first-order chi connectivity index (χ1) is 7.74. The van der Waals surface area contributed by atoms with Crippen LogP contribution in [-0.2, 0) is 13.5 Å². The highest BCUT2D eigenvalue weighted by atomic mass is 35.5. The molecule has 0 amide bonds. The Morgan fingerprint density at radius 3 is 2.75 bits per heavy atom. The van der Waals surface area contributed by atoms with Crippen molar-refractivity contribution in [3.8, 4) is 0 Å². The second-order valence-corrected chi connectivity index (χ2v) is 3.82. The van der Waals surface area contributed by atoms with Gasteiger partial charge in [-0.3, -0.25) is 4.68 Å². The van der Waals surface area contributed by atoms with E-state index in [1.165, 1.54) is 0 Å². The van der Waals surface area contributed by atoms with Crippen molar-refractivity contribution in [2.24, 2.45) is 7.05 Å². The minimum absolute atomic E-state index is 0.537. The van der Waals surface area contributed by atoms with E-state index in [4.69, 9.17) is 11.6 Å². The molecule has 0 atom stereocenters. The summed E-state index contributed by atoms with van der Waals surface area (Å²) in [4.78, 5) is 8.07. The van der Waals surface area contributed by atoms with Gasteiger partial charge >= 0.3 is 0 Å². The lowest BCUT2D eigenvalue weighted by Crippen LogP contribution is -2.08. The number of aromatic nitrogens is 4. The molecule has 0 fully saturated rings. The minimum Gasteiger partial charge on any atom is -0.354 e. The summed E-state index contributed by atoms with van der Waals surface area (Å²) in [5, 5.41) is 7.91. The Hall–Kier alpha value is -1.62. The number of nitrogens with zero attached hydrogens (tertiary/aromatic N) is 4. The standard InChI is InChI=1S/C10H12ClN5/c1-16-5-3-9(15-16)2-4-12-10-13-6-8(11)7-14-10/h3,5-7H,2,4H2,1H3,(H,12,13,14). The van der Waals surface area contributed by atoms with Gasteiger partial charge in [-0.25, -0.2) is 9.97 Å². The van der Waals surface area contributed by atoms with Gasteiger partial charge in [0.15, 0.2) is 0 Å². The molecule has 84 valence electrons. The first-order valence-corrected chi connectivity index (χ1v) is 5.32. The lowest BCUT2D eigenvalue weighted by atomic mass is 10.3. The van der Waals surface area contributed by atoms with E-state index in [0.29, 0.717) is 11.0 Å². The molecule has 0 aliphatic carbocycles. The number of hydrogen-bond acceptors (Lipinski definition) is 4. The van der Waals surface area contributed by atoms with Crippen LogP contribution in [-0.4, -0.2) is 26.3 Å². The zero-order chi connectivity index (χ0) is 11.4. The monoisotopic (exact) mass is 237 g/mol. The van der Waals surface area contributed by atoms with Crippen LogP contribution in [0, 0.1) is 0 Å². The molecule has 0 aliphatic heterocycles. The van der Waals surface area contributed by atoms with Crippen LogP contribution in [0.25, 0.3) is 0 Å². The van der Waals surface area contributed by atoms with E-state index in [-0.39, 0.29) is 0 Å². The predicted molar refractivity (Wildman–Crippen MR) is 62.4 cm³/mol. The Balaban J connectivity index is 1.82.